The third-order valence-corrected chi connectivity index (χ3v) is 4.03. The predicted molar refractivity (Wildman–Crippen MR) is 88.0 cm³/mol. The summed E-state index contributed by atoms with van der Waals surface area (Å²) in [5, 5.41) is 9.04. The van der Waals surface area contributed by atoms with E-state index in [1.807, 2.05) is 48.5 Å². The van der Waals surface area contributed by atoms with Crippen molar-refractivity contribution in [3.05, 3.63) is 65.7 Å². The van der Waals surface area contributed by atoms with Crippen LogP contribution in [0.3, 0.4) is 0 Å². The highest BCUT2D eigenvalue weighted by Crippen LogP contribution is 2.31. The van der Waals surface area contributed by atoms with E-state index in [1.165, 1.54) is 0 Å². The van der Waals surface area contributed by atoms with Gasteiger partial charge < -0.3 is 9.47 Å². The number of morpholine rings is 1. The molecule has 1 unspecified atom stereocenters. The van der Waals surface area contributed by atoms with Crippen LogP contribution >= 0.6 is 0 Å². The van der Waals surface area contributed by atoms with Crippen molar-refractivity contribution in [2.24, 2.45) is 0 Å². The molecule has 0 aromatic heterocycles. The van der Waals surface area contributed by atoms with Gasteiger partial charge in [0.2, 0.25) is 0 Å². The maximum absolute atomic E-state index is 9.04. The zero-order valence-corrected chi connectivity index (χ0v) is 13.0. The average Bonchev–Trinajstić information content (AvgIpc) is 2.62. The summed E-state index contributed by atoms with van der Waals surface area (Å²) < 4.78 is 11.7. The van der Waals surface area contributed by atoms with Crippen molar-refractivity contribution >= 4 is 0 Å². The zero-order chi connectivity index (χ0) is 15.9. The van der Waals surface area contributed by atoms with Crippen LogP contribution in [0.4, 0.5) is 0 Å². The Hall–Kier alpha value is -2.35. The molecule has 0 bridgehead atoms. The molecule has 23 heavy (non-hydrogen) atoms. The average molecular weight is 308 g/mol. The molecule has 1 aliphatic rings. The number of rotatable bonds is 5. The Bertz CT molecular complexity index is 667. The van der Waals surface area contributed by atoms with E-state index in [-0.39, 0.29) is 6.04 Å². The zero-order valence-electron chi connectivity index (χ0n) is 13.0. The number of hydrogen-bond acceptors (Lipinski definition) is 4. The molecule has 1 heterocycles. The number of ether oxygens (including phenoxy) is 2. The molecule has 0 aliphatic carbocycles. The fourth-order valence-corrected chi connectivity index (χ4v) is 2.83. The quantitative estimate of drug-likeness (QED) is 0.796. The van der Waals surface area contributed by atoms with Gasteiger partial charge in [-0.25, -0.2) is 0 Å². The molecular formula is C19H20N2O2. The molecule has 1 atom stereocenters. The highest BCUT2D eigenvalue weighted by molar-refractivity contribution is 5.36. The van der Waals surface area contributed by atoms with Gasteiger partial charge in [0.05, 0.1) is 31.9 Å². The molecule has 0 amide bonds. The van der Waals surface area contributed by atoms with Crippen molar-refractivity contribution in [2.75, 3.05) is 26.3 Å². The van der Waals surface area contributed by atoms with Crippen molar-refractivity contribution in [2.45, 2.75) is 12.6 Å². The minimum absolute atomic E-state index is 0.0652. The van der Waals surface area contributed by atoms with Gasteiger partial charge in [0.1, 0.15) is 12.4 Å². The van der Waals surface area contributed by atoms with E-state index in [1.54, 1.807) is 0 Å². The number of nitrogens with zero attached hydrogens (tertiary/aromatic N) is 2. The molecule has 4 heteroatoms. The van der Waals surface area contributed by atoms with E-state index in [0.29, 0.717) is 26.4 Å². The number of nitriles is 1. The monoisotopic (exact) mass is 308 g/mol. The Morgan fingerprint density at radius 3 is 2.74 bits per heavy atom. The van der Waals surface area contributed by atoms with Crippen LogP contribution < -0.4 is 4.74 Å². The Kier molecular flexibility index (Phi) is 5.25. The molecule has 0 spiro atoms. The van der Waals surface area contributed by atoms with Gasteiger partial charge in [0.15, 0.2) is 0 Å². The van der Waals surface area contributed by atoms with E-state index < -0.39 is 0 Å². The van der Waals surface area contributed by atoms with E-state index in [0.717, 1.165) is 23.4 Å². The molecule has 118 valence electrons. The molecule has 1 saturated heterocycles. The van der Waals surface area contributed by atoms with E-state index in [9.17, 15) is 0 Å². The fourth-order valence-electron chi connectivity index (χ4n) is 2.83. The first-order valence-corrected chi connectivity index (χ1v) is 7.83. The van der Waals surface area contributed by atoms with Crippen molar-refractivity contribution in [3.63, 3.8) is 0 Å². The van der Waals surface area contributed by atoms with Gasteiger partial charge in [-0.3, -0.25) is 4.90 Å². The Morgan fingerprint density at radius 1 is 1.13 bits per heavy atom. The van der Waals surface area contributed by atoms with Crippen LogP contribution in [0.2, 0.25) is 0 Å². The van der Waals surface area contributed by atoms with Gasteiger partial charge in [0.25, 0.3) is 0 Å². The molecule has 0 radical (unpaired) electrons. The van der Waals surface area contributed by atoms with Crippen LogP contribution in [0.25, 0.3) is 0 Å². The molecule has 2 aromatic rings. The second kappa shape index (κ2) is 7.77. The van der Waals surface area contributed by atoms with E-state index in [2.05, 4.69) is 17.0 Å². The second-order valence-electron chi connectivity index (χ2n) is 5.53. The highest BCUT2D eigenvalue weighted by Gasteiger charge is 2.26. The number of para-hydroxylation sites is 1. The van der Waals surface area contributed by atoms with Crippen LogP contribution in [0.5, 0.6) is 5.75 Å². The van der Waals surface area contributed by atoms with Gasteiger partial charge in [-0.05, 0) is 11.6 Å². The van der Waals surface area contributed by atoms with Crippen LogP contribution in [0.15, 0.2) is 54.6 Å². The molecule has 0 N–H and O–H groups in total. The lowest BCUT2D eigenvalue weighted by atomic mass is 10.0. The minimum atomic E-state index is 0.0652. The predicted octanol–water partition coefficient (Wildman–Crippen LogP) is 3.16. The summed E-state index contributed by atoms with van der Waals surface area (Å²) in [5.74, 6) is 0.856. The summed E-state index contributed by atoms with van der Waals surface area (Å²) in [6, 6.07) is 20.4. The smallest absolute Gasteiger partial charge is 0.124 e. The van der Waals surface area contributed by atoms with Gasteiger partial charge in [-0.1, -0.05) is 48.5 Å². The standard InChI is InChI=1S/C19H20N2O2/c20-10-11-21-12-13-22-15-18(21)17-8-4-5-9-19(17)23-14-16-6-2-1-3-7-16/h1-9,18H,11-15H2. The van der Waals surface area contributed by atoms with Crippen molar-refractivity contribution in [1.82, 2.24) is 4.90 Å². The number of hydrogen-bond donors (Lipinski definition) is 0. The van der Waals surface area contributed by atoms with E-state index >= 15 is 0 Å². The molecule has 1 fully saturated rings. The highest BCUT2D eigenvalue weighted by atomic mass is 16.5. The number of benzene rings is 2. The Balaban J connectivity index is 1.78. The van der Waals surface area contributed by atoms with Crippen LogP contribution in [0.1, 0.15) is 17.2 Å². The molecule has 2 aromatic carbocycles. The maximum atomic E-state index is 9.04. The lowest BCUT2D eigenvalue weighted by Crippen LogP contribution is -2.39. The van der Waals surface area contributed by atoms with Gasteiger partial charge >= 0.3 is 0 Å². The van der Waals surface area contributed by atoms with Crippen LogP contribution in [-0.2, 0) is 11.3 Å². The largest absolute Gasteiger partial charge is 0.489 e. The van der Waals surface area contributed by atoms with Crippen LogP contribution in [-0.4, -0.2) is 31.2 Å². The second-order valence-corrected chi connectivity index (χ2v) is 5.53. The minimum Gasteiger partial charge on any atom is -0.489 e. The summed E-state index contributed by atoms with van der Waals surface area (Å²) >= 11 is 0. The Morgan fingerprint density at radius 2 is 1.91 bits per heavy atom. The molecule has 0 saturated carbocycles. The lowest BCUT2D eigenvalue weighted by molar-refractivity contribution is -0.00282. The van der Waals surface area contributed by atoms with Gasteiger partial charge in [-0.15, -0.1) is 0 Å². The summed E-state index contributed by atoms with van der Waals surface area (Å²) in [6.45, 7) is 2.97. The molecular weight excluding hydrogens is 288 g/mol. The molecule has 4 nitrogen and oxygen atoms in total. The fraction of sp³-hybridized carbons (Fsp3) is 0.316. The molecule has 1 aliphatic heterocycles. The normalized spacial score (nSPS) is 18.3. The van der Waals surface area contributed by atoms with Gasteiger partial charge in [-0.2, -0.15) is 5.26 Å². The summed E-state index contributed by atoms with van der Waals surface area (Å²) in [4.78, 5) is 2.15. The maximum Gasteiger partial charge on any atom is 0.124 e. The summed E-state index contributed by atoms with van der Waals surface area (Å²) in [6.07, 6.45) is 0. The lowest BCUT2D eigenvalue weighted by Gasteiger charge is -2.34. The van der Waals surface area contributed by atoms with Crippen molar-refractivity contribution in [3.8, 4) is 11.8 Å². The molecule has 3 rings (SSSR count). The SMILES string of the molecule is N#CCN1CCOCC1c1ccccc1OCc1ccccc1. The van der Waals surface area contributed by atoms with Gasteiger partial charge in [0, 0.05) is 12.1 Å². The summed E-state index contributed by atoms with van der Waals surface area (Å²) in [7, 11) is 0. The van der Waals surface area contributed by atoms with E-state index in [4.69, 9.17) is 14.7 Å². The summed E-state index contributed by atoms with van der Waals surface area (Å²) in [5.41, 5.74) is 2.22. The first-order valence-electron chi connectivity index (χ1n) is 7.83. The van der Waals surface area contributed by atoms with Crippen molar-refractivity contribution < 1.29 is 9.47 Å². The first kappa shape index (κ1) is 15.5. The topological polar surface area (TPSA) is 45.5 Å². The van der Waals surface area contributed by atoms with Crippen LogP contribution in [0, 0.1) is 11.3 Å². The third-order valence-electron chi connectivity index (χ3n) is 4.03. The Labute approximate surface area is 136 Å². The first-order chi connectivity index (χ1) is 11.4. The van der Waals surface area contributed by atoms with Crippen molar-refractivity contribution in [1.29, 1.82) is 5.26 Å². The third kappa shape index (κ3) is 3.89.